The maximum absolute atomic E-state index is 12.8. The van der Waals surface area contributed by atoms with Crippen molar-refractivity contribution in [3.8, 4) is 0 Å². The number of nitrogens with zero attached hydrogens (tertiary/aromatic N) is 4. The van der Waals surface area contributed by atoms with Crippen LogP contribution in [0, 0.1) is 5.92 Å². The van der Waals surface area contributed by atoms with Crippen LogP contribution in [-0.4, -0.2) is 87.8 Å². The molecule has 0 bridgehead atoms. The number of hydrogen-bond acceptors (Lipinski definition) is 12. The van der Waals surface area contributed by atoms with Crippen LogP contribution in [0.1, 0.15) is 49.5 Å². The number of hydrogen-bond donors (Lipinski definition) is 3. The van der Waals surface area contributed by atoms with Gasteiger partial charge in [0.15, 0.2) is 12.2 Å². The van der Waals surface area contributed by atoms with Crippen molar-refractivity contribution < 1.29 is 38.5 Å². The highest BCUT2D eigenvalue weighted by atomic mass is 16.8. The van der Waals surface area contributed by atoms with Gasteiger partial charge in [-0.25, -0.2) is 20.3 Å². The fourth-order valence-electron chi connectivity index (χ4n) is 5.85. The lowest BCUT2D eigenvalue weighted by Crippen LogP contribution is -2.60. The minimum Gasteiger partial charge on any atom is -0.457 e. The third-order valence-electron chi connectivity index (χ3n) is 8.15. The largest absolute Gasteiger partial charge is 0.457 e. The highest BCUT2D eigenvalue weighted by molar-refractivity contribution is 5.92. The number of carbonyl (C=O) groups is 3. The maximum atomic E-state index is 12.8. The number of para-hydroxylation sites is 1. The van der Waals surface area contributed by atoms with E-state index in [9.17, 15) is 19.5 Å². The van der Waals surface area contributed by atoms with Crippen LogP contribution in [0.3, 0.4) is 0 Å². The zero-order valence-corrected chi connectivity index (χ0v) is 25.8. The van der Waals surface area contributed by atoms with Crippen molar-refractivity contribution in [3.63, 3.8) is 0 Å². The van der Waals surface area contributed by atoms with Crippen molar-refractivity contribution in [2.75, 3.05) is 24.5 Å². The number of aliphatic hydroxyl groups excluding tert-OH is 1. The fourth-order valence-corrected chi connectivity index (χ4v) is 5.85. The molecule has 4 heterocycles. The normalized spacial score (nSPS) is 23.9. The first-order valence-electron chi connectivity index (χ1n) is 15.0. The first kappa shape index (κ1) is 32.3. The maximum Gasteiger partial charge on any atom is 0.303 e. The van der Waals surface area contributed by atoms with E-state index in [1.54, 1.807) is 6.92 Å². The van der Waals surface area contributed by atoms with Gasteiger partial charge in [0.05, 0.1) is 11.7 Å². The van der Waals surface area contributed by atoms with E-state index in [4.69, 9.17) is 19.0 Å². The van der Waals surface area contributed by atoms with Crippen LogP contribution in [0.5, 0.6) is 0 Å². The number of aryl methyl sites for hydroxylation is 1. The molecule has 0 unspecified atom stereocenters. The van der Waals surface area contributed by atoms with Gasteiger partial charge in [-0.3, -0.25) is 14.4 Å². The molecule has 0 spiro atoms. The second-order valence-electron chi connectivity index (χ2n) is 11.5. The van der Waals surface area contributed by atoms with Crippen molar-refractivity contribution in [1.29, 1.82) is 0 Å². The first-order valence-corrected chi connectivity index (χ1v) is 15.0. The lowest BCUT2D eigenvalue weighted by molar-refractivity contribution is -0.308. The van der Waals surface area contributed by atoms with E-state index in [-0.39, 0.29) is 5.56 Å². The predicted octanol–water partition coefficient (Wildman–Crippen LogP) is 1.61. The van der Waals surface area contributed by atoms with Crippen LogP contribution in [0.4, 0.5) is 5.95 Å². The zero-order chi connectivity index (χ0) is 32.1. The molecule has 2 aliphatic rings. The summed E-state index contributed by atoms with van der Waals surface area (Å²) in [5, 5.41) is 15.6. The summed E-state index contributed by atoms with van der Waals surface area (Å²) in [4.78, 5) is 52.1. The molecule has 1 aromatic carbocycles. The Balaban J connectivity index is 1.08. The number of ether oxygens (including phenoxy) is 3. The van der Waals surface area contributed by atoms with Gasteiger partial charge in [-0.1, -0.05) is 18.2 Å². The second kappa shape index (κ2) is 14.3. The summed E-state index contributed by atoms with van der Waals surface area (Å²) in [5.74, 6) is -0.937. The summed E-state index contributed by atoms with van der Waals surface area (Å²) < 4.78 is 18.1. The van der Waals surface area contributed by atoms with E-state index in [1.807, 2.05) is 0 Å². The van der Waals surface area contributed by atoms with Crippen LogP contribution in [0.15, 0.2) is 42.9 Å². The molecule has 1 amide bonds. The number of carbonyl (C=O) groups excluding carboxylic acids is 3. The smallest absolute Gasteiger partial charge is 0.303 e. The summed E-state index contributed by atoms with van der Waals surface area (Å²) in [7, 11) is 2.07. The number of piperidine rings is 1. The summed E-state index contributed by atoms with van der Waals surface area (Å²) in [6.07, 6.45) is 0.890. The summed E-state index contributed by atoms with van der Waals surface area (Å²) in [5.41, 5.74) is 4.90. The average molecular weight is 625 g/mol. The second-order valence-corrected chi connectivity index (χ2v) is 11.5. The van der Waals surface area contributed by atoms with Crippen molar-refractivity contribution in [2.24, 2.45) is 13.0 Å². The Labute approximate surface area is 260 Å². The number of aliphatic hydroxyl groups is 1. The summed E-state index contributed by atoms with van der Waals surface area (Å²) in [6, 6.07) is 8.42. The number of hydroxylamine groups is 1. The molecule has 242 valence electrons. The van der Waals surface area contributed by atoms with Gasteiger partial charge in [-0.05, 0) is 43.9 Å². The van der Waals surface area contributed by atoms with Gasteiger partial charge in [0.25, 0.3) is 5.91 Å². The Morgan fingerprint density at radius 1 is 1.04 bits per heavy atom. The van der Waals surface area contributed by atoms with Gasteiger partial charge in [0.1, 0.15) is 6.10 Å². The van der Waals surface area contributed by atoms with Crippen LogP contribution in [0.2, 0.25) is 0 Å². The van der Waals surface area contributed by atoms with Crippen molar-refractivity contribution >= 4 is 34.7 Å². The Hall–Kier alpha value is -4.11. The quantitative estimate of drug-likeness (QED) is 0.221. The third-order valence-corrected chi connectivity index (χ3v) is 8.15. The molecule has 0 radical (unpaired) electrons. The molecule has 0 saturated carbocycles. The van der Waals surface area contributed by atoms with Gasteiger partial charge in [-0.15, -0.1) is 0 Å². The lowest BCUT2D eigenvalue weighted by Gasteiger charge is -2.41. The number of fused-ring (bicyclic) bond motifs is 1. The van der Waals surface area contributed by atoms with Gasteiger partial charge < -0.3 is 34.1 Å². The monoisotopic (exact) mass is 624 g/mol. The number of benzene rings is 1. The van der Waals surface area contributed by atoms with Gasteiger partial charge in [0, 0.05) is 70.0 Å². The van der Waals surface area contributed by atoms with Crippen molar-refractivity contribution in [1.82, 2.24) is 25.3 Å². The Morgan fingerprint density at radius 3 is 2.40 bits per heavy atom. The average Bonchev–Trinajstić information content (AvgIpc) is 3.35. The van der Waals surface area contributed by atoms with Crippen LogP contribution >= 0.6 is 0 Å². The van der Waals surface area contributed by atoms with Gasteiger partial charge >= 0.3 is 11.9 Å². The van der Waals surface area contributed by atoms with Gasteiger partial charge in [0.2, 0.25) is 12.2 Å². The Kier molecular flexibility index (Phi) is 10.3. The predicted molar refractivity (Wildman–Crippen MR) is 162 cm³/mol. The van der Waals surface area contributed by atoms with Gasteiger partial charge in [-0.2, -0.15) is 0 Å². The Bertz CT molecular complexity index is 1490. The molecule has 0 aliphatic carbocycles. The van der Waals surface area contributed by atoms with E-state index in [1.165, 1.54) is 35.8 Å². The molecule has 45 heavy (non-hydrogen) atoms. The van der Waals surface area contributed by atoms with Crippen LogP contribution < -0.4 is 15.7 Å². The fraction of sp³-hybridized carbons (Fsp3) is 0.516. The number of rotatable bonds is 10. The molecule has 3 aromatic rings. The number of aromatic nitrogens is 3. The van der Waals surface area contributed by atoms with Crippen LogP contribution in [-0.2, 0) is 42.2 Å². The lowest BCUT2D eigenvalue weighted by atomic mass is 9.97. The SMILES string of the molecule is CC(=O)O[C@@H]1[C@H](ONC(=O)c2cnc(N3CCC(CNCc4cn(C)c5ccccc45)CC3)nc2)O[C@@H](C)[C@@H](OC(C)=O)[C@H]1O. The summed E-state index contributed by atoms with van der Waals surface area (Å²) in [6.45, 7) is 7.25. The number of anilines is 1. The van der Waals surface area contributed by atoms with E-state index in [2.05, 4.69) is 67.7 Å². The number of amides is 1. The topological polar surface area (TPSA) is 166 Å². The zero-order valence-electron chi connectivity index (χ0n) is 25.8. The minimum atomic E-state index is -1.45. The highest BCUT2D eigenvalue weighted by Crippen LogP contribution is 2.27. The molecule has 2 fully saturated rings. The number of nitrogens with one attached hydrogen (secondary N) is 2. The van der Waals surface area contributed by atoms with Crippen LogP contribution in [0.25, 0.3) is 10.9 Å². The molecule has 14 heteroatoms. The molecule has 2 aliphatic heterocycles. The Morgan fingerprint density at radius 2 is 1.71 bits per heavy atom. The molecule has 14 nitrogen and oxygen atoms in total. The molecule has 3 N–H and O–H groups in total. The van der Waals surface area contributed by atoms with E-state index in [0.29, 0.717) is 11.9 Å². The highest BCUT2D eigenvalue weighted by Gasteiger charge is 2.48. The molecular weight excluding hydrogens is 584 g/mol. The number of esters is 2. The van der Waals surface area contributed by atoms with E-state index in [0.717, 1.165) is 45.9 Å². The third kappa shape index (κ3) is 7.76. The van der Waals surface area contributed by atoms with Crippen molar-refractivity contribution in [3.05, 3.63) is 54.0 Å². The molecule has 5 rings (SSSR count). The van der Waals surface area contributed by atoms with Crippen molar-refractivity contribution in [2.45, 2.75) is 70.9 Å². The summed E-state index contributed by atoms with van der Waals surface area (Å²) >= 11 is 0. The molecule has 2 aromatic heterocycles. The molecule has 2 saturated heterocycles. The molecule has 5 atom stereocenters. The van der Waals surface area contributed by atoms with E-state index < -0.39 is 48.6 Å². The van der Waals surface area contributed by atoms with E-state index >= 15 is 0 Å². The minimum absolute atomic E-state index is 0.137. The standard InChI is InChI=1S/C31H40N6O8/c1-18-27(43-19(2)38)26(40)28(44-20(3)39)30(42-18)45-35-29(41)22-15-33-31(34-16-22)37-11-9-21(10-12-37)13-32-14-23-17-36(4)25-8-6-5-7-24(23)25/h5-8,15-18,21,26-28,30,32,40H,9-14H2,1-4H3,(H,35,41)/t18-,26+,27+,28-,30-/m0/s1. The molecular formula is C31H40N6O8. The first-order chi connectivity index (χ1) is 21.6.